The van der Waals surface area contributed by atoms with E-state index in [1.807, 2.05) is 12.1 Å². The predicted octanol–water partition coefficient (Wildman–Crippen LogP) is 15.6. The fourth-order valence-electron chi connectivity index (χ4n) is 7.10. The van der Waals surface area contributed by atoms with Crippen LogP contribution < -0.4 is 39.8 Å². The molecular weight excluding hydrogens is 913 g/mol. The zero-order valence-electron chi connectivity index (χ0n) is 44.2. The second kappa shape index (κ2) is 19.7. The second-order valence-corrected chi connectivity index (χ2v) is 23.8. The van der Waals surface area contributed by atoms with Crippen LogP contribution in [0, 0.1) is 0 Å². The summed E-state index contributed by atoms with van der Waals surface area (Å²) in [7, 11) is 6.42. The molecule has 0 aromatic heterocycles. The Morgan fingerprint density at radius 3 is 0.925 bits per heavy atom. The van der Waals surface area contributed by atoms with Gasteiger partial charge in [-0.05, 0) is 150 Å². The first-order valence-electron chi connectivity index (χ1n) is 22.7. The van der Waals surface area contributed by atoms with Crippen LogP contribution in [0.3, 0.4) is 0 Å². The van der Waals surface area contributed by atoms with Crippen molar-refractivity contribution >= 4 is 67.9 Å². The Hall–Kier alpha value is -5.30. The number of ether oxygens (including phenoxy) is 6. The fraction of sp³-hybridized carbons (Fsp3) is 0.519. The Morgan fingerprint density at radius 2 is 0.657 bits per heavy atom. The summed E-state index contributed by atoms with van der Waals surface area (Å²) in [5, 5.41) is 11.0. The summed E-state index contributed by atoms with van der Waals surface area (Å²) in [6.45, 7) is 36.0. The van der Waals surface area contributed by atoms with E-state index in [1.165, 1.54) is 7.11 Å². The Bertz CT molecular complexity index is 2430. The highest BCUT2D eigenvalue weighted by molar-refractivity contribution is 9.10. The van der Waals surface area contributed by atoms with Crippen molar-refractivity contribution in [2.75, 3.05) is 49.3 Å². The Labute approximate surface area is 409 Å². The number of rotatable bonds is 11. The van der Waals surface area contributed by atoms with Gasteiger partial charge < -0.3 is 44.4 Å². The molecule has 0 saturated heterocycles. The van der Waals surface area contributed by atoms with Gasteiger partial charge in [-0.15, -0.1) is 0 Å². The molecule has 0 heterocycles. The van der Waals surface area contributed by atoms with E-state index in [1.54, 1.807) is 68.9 Å². The summed E-state index contributed by atoms with van der Waals surface area (Å²) in [5.41, 5.74) is 4.95. The molecule has 0 unspecified atom stereocenters. The molecule has 4 aromatic rings. The highest BCUT2D eigenvalue weighted by Gasteiger charge is 2.37. The number of amides is 2. The van der Waals surface area contributed by atoms with Gasteiger partial charge in [-0.3, -0.25) is 0 Å². The molecule has 0 aliphatic rings. The topological polar surface area (TPSA) is 129 Å². The molecule has 3 N–H and O–H groups in total. The summed E-state index contributed by atoms with van der Waals surface area (Å²) in [6.07, 6.45) is -1.83. The average molecular weight is 990 g/mol. The maximum Gasteiger partial charge on any atom is 0.424 e. The van der Waals surface area contributed by atoms with Gasteiger partial charge in [-0.2, -0.15) is 4.90 Å². The molecule has 0 aliphatic heterocycles. The Balaban J connectivity index is 2.05. The van der Waals surface area contributed by atoms with E-state index >= 15 is 0 Å². The lowest BCUT2D eigenvalue weighted by Gasteiger charge is -2.31. The van der Waals surface area contributed by atoms with Gasteiger partial charge in [0.15, 0.2) is 23.0 Å². The molecule has 0 atom stereocenters. The zero-order valence-corrected chi connectivity index (χ0v) is 45.8. The molecule has 67 heavy (non-hydrogen) atoms. The van der Waals surface area contributed by atoms with Gasteiger partial charge in [0.1, 0.15) is 16.9 Å². The van der Waals surface area contributed by atoms with E-state index in [0.717, 1.165) is 43.0 Å². The molecule has 0 bridgehead atoms. The van der Waals surface area contributed by atoms with Crippen molar-refractivity contribution in [1.29, 1.82) is 0 Å². The smallest absolute Gasteiger partial charge is 0.424 e. The first-order valence-corrected chi connectivity index (χ1v) is 23.4. The van der Waals surface area contributed by atoms with Gasteiger partial charge >= 0.3 is 12.2 Å². The lowest BCUT2D eigenvalue weighted by Crippen LogP contribution is -2.44. The van der Waals surface area contributed by atoms with Gasteiger partial charge in [0.05, 0.1) is 67.0 Å². The van der Waals surface area contributed by atoms with Crippen molar-refractivity contribution in [3.05, 3.63) is 75.3 Å². The van der Waals surface area contributed by atoms with Crippen LogP contribution in [0.25, 0.3) is 0 Å². The summed E-state index contributed by atoms with van der Waals surface area (Å²) >= 11 is 3.76. The zero-order chi connectivity index (χ0) is 51.0. The summed E-state index contributed by atoms with van der Waals surface area (Å²) in [5.74, 6) is 1.92. The number of carbonyl (C=O) groups excluding carboxylic acids is 2. The first kappa shape index (κ1) is 54.3. The lowest BCUT2D eigenvalue weighted by atomic mass is 9.85. The predicted molar refractivity (Wildman–Crippen MR) is 279 cm³/mol. The largest absolute Gasteiger partial charge is 0.493 e. The number of hydrogen-bond acceptors (Lipinski definition) is 11. The third kappa shape index (κ3) is 13.5. The summed E-state index contributed by atoms with van der Waals surface area (Å²) in [4.78, 5) is 29.1. The highest BCUT2D eigenvalue weighted by atomic mass is 79.9. The Morgan fingerprint density at radius 1 is 0.403 bits per heavy atom. The normalized spacial score (nSPS) is 12.5. The minimum Gasteiger partial charge on any atom is -0.493 e. The van der Waals surface area contributed by atoms with Gasteiger partial charge in [0, 0.05) is 0 Å². The number of anilines is 7. The fourth-order valence-corrected chi connectivity index (χ4v) is 7.73. The van der Waals surface area contributed by atoms with Crippen LogP contribution in [-0.2, 0) is 31.1 Å². The number of nitrogens with one attached hydrogen (secondary N) is 3. The average Bonchev–Trinajstić information content (AvgIpc) is 3.14. The van der Waals surface area contributed by atoms with Crippen molar-refractivity contribution in [3.8, 4) is 23.0 Å². The van der Waals surface area contributed by atoms with Crippen LogP contribution in [0.1, 0.15) is 147 Å². The van der Waals surface area contributed by atoms with Crippen molar-refractivity contribution in [2.45, 2.75) is 157 Å². The molecule has 0 saturated carbocycles. The molecule has 368 valence electrons. The maximum atomic E-state index is 14.1. The molecule has 2 amide bonds. The van der Waals surface area contributed by atoms with Crippen LogP contribution in [0.4, 0.5) is 49.4 Å². The van der Waals surface area contributed by atoms with Crippen molar-refractivity contribution in [3.63, 3.8) is 0 Å². The van der Waals surface area contributed by atoms with Crippen LogP contribution in [-0.4, -0.2) is 51.8 Å². The third-order valence-corrected chi connectivity index (χ3v) is 11.4. The van der Waals surface area contributed by atoms with Crippen molar-refractivity contribution in [2.24, 2.45) is 0 Å². The standard InChI is InChI=1S/C54H77BrN4O8/c1-49(2,3)31-23-35(55)43(62-19)36(24-31)56-37-25-32(50(4,5)6)26-38(44(37)63-20)57-39-27-33(51(7,8)9)28-40(45(39)64-21)58-41-29-34(52(10,11)12)30-42(46(41)65-22)59(47(60)66-53(13,14)15)48(61)67-54(16,17)18/h23-30,56-58H,1-22H3. The maximum absolute atomic E-state index is 14.1. The van der Waals surface area contributed by atoms with Crippen LogP contribution in [0.5, 0.6) is 23.0 Å². The summed E-state index contributed by atoms with van der Waals surface area (Å²) < 4.78 is 37.1. The second-order valence-electron chi connectivity index (χ2n) is 23.0. The first-order chi connectivity index (χ1) is 30.5. The summed E-state index contributed by atoms with van der Waals surface area (Å²) in [6, 6.07) is 16.3. The van der Waals surface area contributed by atoms with Crippen LogP contribution in [0.15, 0.2) is 53.0 Å². The van der Waals surface area contributed by atoms with Gasteiger partial charge in [0.2, 0.25) is 0 Å². The number of methoxy groups -OCH3 is 4. The number of nitrogens with zero attached hydrogens (tertiary/aromatic N) is 1. The van der Waals surface area contributed by atoms with E-state index in [2.05, 4.69) is 145 Å². The van der Waals surface area contributed by atoms with E-state index in [9.17, 15) is 9.59 Å². The van der Waals surface area contributed by atoms with Crippen molar-refractivity contribution in [1.82, 2.24) is 0 Å². The SMILES string of the molecule is COc1c(Br)cc(C(C)(C)C)cc1Nc1cc(C(C)(C)C)cc(Nc2cc(C(C)(C)C)cc(Nc3cc(C(C)(C)C)cc(N(C(=O)OC(C)(C)C)C(=O)OC(C)(C)C)c3OC)c2OC)c1OC. The van der Waals surface area contributed by atoms with Gasteiger partial charge in [0.25, 0.3) is 0 Å². The molecule has 0 aliphatic carbocycles. The number of imide groups is 1. The highest BCUT2D eigenvalue weighted by Crippen LogP contribution is 2.49. The quantitative estimate of drug-likeness (QED) is 0.133. The number of benzene rings is 4. The van der Waals surface area contributed by atoms with E-state index in [0.29, 0.717) is 40.0 Å². The van der Waals surface area contributed by atoms with Crippen LogP contribution >= 0.6 is 15.9 Å². The molecule has 0 radical (unpaired) electrons. The van der Waals surface area contributed by atoms with Crippen LogP contribution in [0.2, 0.25) is 0 Å². The van der Waals surface area contributed by atoms with Crippen molar-refractivity contribution < 1.29 is 38.0 Å². The molecule has 12 nitrogen and oxygen atoms in total. The number of halogens is 1. The van der Waals surface area contributed by atoms with Gasteiger partial charge in [-0.1, -0.05) is 83.1 Å². The molecule has 0 fully saturated rings. The number of carbonyl (C=O) groups is 2. The molecule has 13 heteroatoms. The third-order valence-electron chi connectivity index (χ3n) is 10.8. The minimum atomic E-state index is -0.926. The monoisotopic (exact) mass is 988 g/mol. The molecule has 0 spiro atoms. The van der Waals surface area contributed by atoms with E-state index in [4.69, 9.17) is 28.4 Å². The molecular formula is C54H77BrN4O8. The lowest BCUT2D eigenvalue weighted by molar-refractivity contribution is 0.0429. The molecule has 4 rings (SSSR count). The Kier molecular flexibility index (Phi) is 16.0. The van der Waals surface area contributed by atoms with E-state index in [-0.39, 0.29) is 27.7 Å². The number of hydrogen-bond donors (Lipinski definition) is 3. The van der Waals surface area contributed by atoms with E-state index < -0.39 is 28.8 Å². The molecule has 4 aromatic carbocycles. The minimum absolute atomic E-state index is 0.134. The van der Waals surface area contributed by atoms with Gasteiger partial charge in [-0.25, -0.2) is 9.59 Å².